The lowest BCUT2D eigenvalue weighted by atomic mass is 9.98. The van der Waals surface area contributed by atoms with Crippen molar-refractivity contribution in [1.29, 1.82) is 0 Å². The minimum absolute atomic E-state index is 0.0658. The zero-order chi connectivity index (χ0) is 28.2. The second-order valence-corrected chi connectivity index (χ2v) is 11.8. The number of fused-ring (bicyclic) bond motifs is 1. The number of rotatable bonds is 6. The summed E-state index contributed by atoms with van der Waals surface area (Å²) in [6, 6.07) is 9.89. The second-order valence-electron chi connectivity index (χ2n) is 11.8. The van der Waals surface area contributed by atoms with Gasteiger partial charge in [0.25, 0.3) is 11.8 Å². The minimum atomic E-state index is -2.13. The van der Waals surface area contributed by atoms with Gasteiger partial charge in [0.15, 0.2) is 0 Å². The van der Waals surface area contributed by atoms with Gasteiger partial charge in [0.1, 0.15) is 18.2 Å². The summed E-state index contributed by atoms with van der Waals surface area (Å²) in [5, 5.41) is 13.1. The van der Waals surface area contributed by atoms with Gasteiger partial charge in [0, 0.05) is 49.2 Å². The average molecular weight is 540 g/mol. The number of hydrogen-bond donors (Lipinski definition) is 2. The van der Waals surface area contributed by atoms with Gasteiger partial charge in [0.2, 0.25) is 11.6 Å². The van der Waals surface area contributed by atoms with Crippen molar-refractivity contribution < 1.29 is 33.4 Å². The van der Waals surface area contributed by atoms with Crippen molar-refractivity contribution in [2.45, 2.75) is 77.2 Å². The SMILES string of the molecule is CC1(C)CN(Cc2ccc(F)c(COc3cccc4c3CN([C@@]3(O)CCC(=O)NC3=O)C4=O)c2)CC(C)(C)O1. The lowest BCUT2D eigenvalue weighted by Gasteiger charge is -2.47. The Balaban J connectivity index is 1.31. The summed E-state index contributed by atoms with van der Waals surface area (Å²) in [4.78, 5) is 40.5. The molecule has 2 saturated heterocycles. The first-order valence-electron chi connectivity index (χ1n) is 13.1. The number of carbonyl (C=O) groups excluding carboxylic acids is 3. The fourth-order valence-electron chi connectivity index (χ4n) is 5.99. The topological polar surface area (TPSA) is 108 Å². The Morgan fingerprint density at radius 3 is 2.49 bits per heavy atom. The van der Waals surface area contributed by atoms with Gasteiger partial charge in [-0.25, -0.2) is 4.39 Å². The van der Waals surface area contributed by atoms with Crippen molar-refractivity contribution >= 4 is 17.7 Å². The van der Waals surface area contributed by atoms with Gasteiger partial charge in [-0.15, -0.1) is 0 Å². The van der Waals surface area contributed by atoms with Crippen molar-refractivity contribution in [1.82, 2.24) is 15.1 Å². The molecule has 0 aliphatic carbocycles. The van der Waals surface area contributed by atoms with E-state index in [4.69, 9.17) is 9.47 Å². The molecule has 2 fully saturated rings. The largest absolute Gasteiger partial charge is 0.488 e. The van der Waals surface area contributed by atoms with Crippen molar-refractivity contribution in [3.05, 3.63) is 64.5 Å². The molecule has 0 aromatic heterocycles. The van der Waals surface area contributed by atoms with E-state index in [9.17, 15) is 23.9 Å². The van der Waals surface area contributed by atoms with Crippen LogP contribution in [0.3, 0.4) is 0 Å². The number of amides is 3. The van der Waals surface area contributed by atoms with E-state index in [0.717, 1.165) is 23.6 Å². The van der Waals surface area contributed by atoms with Gasteiger partial charge in [0.05, 0.1) is 17.7 Å². The van der Waals surface area contributed by atoms with Crippen LogP contribution in [0, 0.1) is 5.82 Å². The molecule has 0 unspecified atom stereocenters. The molecule has 3 aliphatic rings. The Morgan fingerprint density at radius 1 is 1.08 bits per heavy atom. The van der Waals surface area contributed by atoms with Gasteiger partial charge < -0.3 is 14.6 Å². The number of imide groups is 1. The molecule has 3 heterocycles. The predicted octanol–water partition coefficient (Wildman–Crippen LogP) is 2.88. The molecule has 208 valence electrons. The molecule has 1 atom stereocenters. The molecule has 0 radical (unpaired) electrons. The summed E-state index contributed by atoms with van der Waals surface area (Å²) < 4.78 is 26.9. The van der Waals surface area contributed by atoms with E-state index in [0.29, 0.717) is 23.4 Å². The van der Waals surface area contributed by atoms with Crippen LogP contribution in [0.1, 0.15) is 67.6 Å². The second kappa shape index (κ2) is 9.69. The molecule has 2 N–H and O–H groups in total. The highest BCUT2D eigenvalue weighted by atomic mass is 19.1. The molecule has 10 heteroatoms. The summed E-state index contributed by atoms with van der Waals surface area (Å²) in [5.74, 6) is -1.99. The number of aliphatic hydroxyl groups is 1. The van der Waals surface area contributed by atoms with Crippen LogP contribution < -0.4 is 10.1 Å². The first-order chi connectivity index (χ1) is 18.3. The van der Waals surface area contributed by atoms with Crippen LogP contribution in [0.25, 0.3) is 0 Å². The van der Waals surface area contributed by atoms with Crippen molar-refractivity contribution in [2.24, 2.45) is 0 Å². The summed E-state index contributed by atoms with van der Waals surface area (Å²) in [5.41, 5.74) is -0.622. The Morgan fingerprint density at radius 2 is 1.79 bits per heavy atom. The number of nitrogens with zero attached hydrogens (tertiary/aromatic N) is 2. The van der Waals surface area contributed by atoms with Crippen molar-refractivity contribution in [2.75, 3.05) is 13.1 Å². The number of ether oxygens (including phenoxy) is 2. The third-order valence-electron chi connectivity index (χ3n) is 7.35. The number of morpholine rings is 1. The van der Waals surface area contributed by atoms with Gasteiger partial charge in [-0.3, -0.25) is 29.5 Å². The number of halogens is 1. The normalized spacial score (nSPS) is 24.5. The molecular formula is C29H34FN3O6. The van der Waals surface area contributed by atoms with Gasteiger partial charge in [-0.1, -0.05) is 12.1 Å². The predicted molar refractivity (Wildman–Crippen MR) is 139 cm³/mol. The summed E-state index contributed by atoms with van der Waals surface area (Å²) in [6.07, 6.45) is -0.274. The molecule has 0 spiro atoms. The lowest BCUT2D eigenvalue weighted by molar-refractivity contribution is -0.182. The van der Waals surface area contributed by atoms with Crippen LogP contribution in [0.2, 0.25) is 0 Å². The fourth-order valence-corrected chi connectivity index (χ4v) is 5.99. The highest BCUT2D eigenvalue weighted by Gasteiger charge is 2.51. The number of carbonyl (C=O) groups is 3. The van der Waals surface area contributed by atoms with E-state index in [1.165, 1.54) is 6.07 Å². The molecular weight excluding hydrogens is 505 g/mol. The summed E-state index contributed by atoms with van der Waals surface area (Å²) in [7, 11) is 0. The van der Waals surface area contributed by atoms with E-state index >= 15 is 0 Å². The maximum absolute atomic E-state index is 14.8. The van der Waals surface area contributed by atoms with E-state index in [1.807, 2.05) is 0 Å². The minimum Gasteiger partial charge on any atom is -0.488 e. The van der Waals surface area contributed by atoms with Crippen LogP contribution >= 0.6 is 0 Å². The third-order valence-corrected chi connectivity index (χ3v) is 7.35. The molecule has 3 amide bonds. The molecule has 3 aliphatic heterocycles. The van der Waals surface area contributed by atoms with Gasteiger partial charge in [-0.2, -0.15) is 0 Å². The van der Waals surface area contributed by atoms with Gasteiger partial charge in [-0.05, 0) is 57.5 Å². The van der Waals surface area contributed by atoms with Crippen molar-refractivity contribution in [3.8, 4) is 5.75 Å². The highest BCUT2D eigenvalue weighted by Crippen LogP contribution is 2.37. The van der Waals surface area contributed by atoms with E-state index in [-0.39, 0.29) is 42.8 Å². The lowest BCUT2D eigenvalue weighted by Crippen LogP contribution is -2.63. The quantitative estimate of drug-likeness (QED) is 0.544. The van der Waals surface area contributed by atoms with E-state index < -0.39 is 29.3 Å². The number of hydrogen-bond acceptors (Lipinski definition) is 7. The molecule has 5 rings (SSSR count). The zero-order valence-corrected chi connectivity index (χ0v) is 22.7. The summed E-state index contributed by atoms with van der Waals surface area (Å²) in [6.45, 7) is 10.2. The summed E-state index contributed by atoms with van der Waals surface area (Å²) >= 11 is 0. The van der Waals surface area contributed by atoms with Crippen LogP contribution in [0.15, 0.2) is 36.4 Å². The van der Waals surface area contributed by atoms with E-state index in [1.54, 1.807) is 30.3 Å². The molecule has 2 aromatic rings. The van der Waals surface area contributed by atoms with Crippen LogP contribution in [0.5, 0.6) is 5.75 Å². The van der Waals surface area contributed by atoms with E-state index in [2.05, 4.69) is 37.9 Å². The third kappa shape index (κ3) is 5.41. The molecule has 39 heavy (non-hydrogen) atoms. The Bertz CT molecular complexity index is 1330. The van der Waals surface area contributed by atoms with Crippen LogP contribution in [-0.4, -0.2) is 62.6 Å². The average Bonchev–Trinajstić information content (AvgIpc) is 3.18. The first-order valence-corrected chi connectivity index (χ1v) is 13.1. The highest BCUT2D eigenvalue weighted by molar-refractivity contribution is 6.06. The zero-order valence-electron chi connectivity index (χ0n) is 22.7. The maximum atomic E-state index is 14.8. The first kappa shape index (κ1) is 27.2. The fraction of sp³-hybridized carbons (Fsp3) is 0.483. The van der Waals surface area contributed by atoms with Crippen LogP contribution in [0.4, 0.5) is 4.39 Å². The number of piperidine rings is 1. The van der Waals surface area contributed by atoms with Crippen LogP contribution in [-0.2, 0) is 34.0 Å². The molecule has 9 nitrogen and oxygen atoms in total. The Labute approximate surface area is 226 Å². The molecule has 0 bridgehead atoms. The Hall–Kier alpha value is -3.34. The molecule has 2 aromatic carbocycles. The standard InChI is InChI=1S/C29H34FN3O6/c1-27(2)16-32(17-28(3,4)39-27)13-18-8-9-22(30)19(12-18)15-38-23-7-5-6-20-21(23)14-33(25(20)35)29(37)11-10-24(34)31-26(29)36/h5-9,12,37H,10-11,13-17H2,1-4H3,(H,31,34,36)/t29-/m1/s1. The van der Waals surface area contributed by atoms with Crippen molar-refractivity contribution in [3.63, 3.8) is 0 Å². The maximum Gasteiger partial charge on any atom is 0.279 e. The Kier molecular flexibility index (Phi) is 6.77. The number of benzene rings is 2. The monoisotopic (exact) mass is 539 g/mol. The number of nitrogens with one attached hydrogen (secondary N) is 1. The molecule has 0 saturated carbocycles. The van der Waals surface area contributed by atoms with Gasteiger partial charge >= 0.3 is 0 Å². The smallest absolute Gasteiger partial charge is 0.279 e.